The van der Waals surface area contributed by atoms with Crippen molar-refractivity contribution < 1.29 is 4.79 Å². The molecule has 1 aliphatic carbocycles. The lowest BCUT2D eigenvalue weighted by atomic mass is 10.1. The summed E-state index contributed by atoms with van der Waals surface area (Å²) < 4.78 is 1.09. The fourth-order valence-electron chi connectivity index (χ4n) is 3.34. The molecule has 23 heavy (non-hydrogen) atoms. The van der Waals surface area contributed by atoms with Gasteiger partial charge < -0.3 is 16.0 Å². The molecule has 3 unspecified atom stereocenters. The highest BCUT2D eigenvalue weighted by molar-refractivity contribution is 9.10. The Morgan fingerprint density at radius 3 is 2.48 bits per heavy atom. The van der Waals surface area contributed by atoms with E-state index in [-0.39, 0.29) is 48.7 Å². The summed E-state index contributed by atoms with van der Waals surface area (Å²) in [5, 5.41) is 3.21. The average molecular weight is 425 g/mol. The quantitative estimate of drug-likeness (QED) is 0.783. The van der Waals surface area contributed by atoms with Gasteiger partial charge in [-0.25, -0.2) is 0 Å². The van der Waals surface area contributed by atoms with Crippen molar-refractivity contribution in [1.82, 2.24) is 5.32 Å². The van der Waals surface area contributed by atoms with E-state index in [0.29, 0.717) is 0 Å². The Morgan fingerprint density at radius 2 is 1.87 bits per heavy atom. The molecule has 2 fully saturated rings. The van der Waals surface area contributed by atoms with Gasteiger partial charge in [-0.1, -0.05) is 15.9 Å². The number of benzene rings is 1. The van der Waals surface area contributed by atoms with Crippen molar-refractivity contribution in [3.05, 3.63) is 28.7 Å². The van der Waals surface area contributed by atoms with E-state index in [9.17, 15) is 4.79 Å². The average Bonchev–Trinajstić information content (AvgIpc) is 3.09. The summed E-state index contributed by atoms with van der Waals surface area (Å²) in [5.74, 6) is 0.326. The Balaban J connectivity index is 0.00000132. The standard InChI is InChI=1S/C16H22BrN3O.2ClH/c17-12-2-5-15(6-3-12)20-8-7-14(10-20)19-16(21)11-1-4-13(18)9-11;;/h2-3,5-6,11,13-14H,1,4,7-10,18H2,(H,19,21);2*1H. The van der Waals surface area contributed by atoms with Crippen molar-refractivity contribution in [1.29, 1.82) is 0 Å². The van der Waals surface area contributed by atoms with E-state index in [1.165, 1.54) is 5.69 Å². The number of carbonyl (C=O) groups is 1. The molecule has 1 amide bonds. The van der Waals surface area contributed by atoms with Gasteiger partial charge in [-0.3, -0.25) is 4.79 Å². The Bertz CT molecular complexity index is 515. The van der Waals surface area contributed by atoms with Crippen molar-refractivity contribution in [3.8, 4) is 0 Å². The van der Waals surface area contributed by atoms with E-state index in [1.54, 1.807) is 0 Å². The maximum Gasteiger partial charge on any atom is 0.223 e. The van der Waals surface area contributed by atoms with Crippen molar-refractivity contribution in [3.63, 3.8) is 0 Å². The molecule has 1 aromatic rings. The van der Waals surface area contributed by atoms with Gasteiger partial charge >= 0.3 is 0 Å². The van der Waals surface area contributed by atoms with Gasteiger partial charge in [-0.05, 0) is 49.9 Å². The van der Waals surface area contributed by atoms with E-state index in [0.717, 1.165) is 43.2 Å². The second-order valence-electron chi connectivity index (χ2n) is 6.19. The second-order valence-corrected chi connectivity index (χ2v) is 7.10. The summed E-state index contributed by atoms with van der Waals surface area (Å²) in [6, 6.07) is 8.82. The van der Waals surface area contributed by atoms with Crippen LogP contribution in [0.15, 0.2) is 28.7 Å². The van der Waals surface area contributed by atoms with Crippen LogP contribution < -0.4 is 16.0 Å². The fourth-order valence-corrected chi connectivity index (χ4v) is 3.60. The van der Waals surface area contributed by atoms with Crippen LogP contribution in [0.5, 0.6) is 0 Å². The molecule has 3 rings (SSSR count). The molecule has 1 aliphatic heterocycles. The first kappa shape index (κ1) is 20.6. The van der Waals surface area contributed by atoms with Gasteiger partial charge in [0.05, 0.1) is 0 Å². The highest BCUT2D eigenvalue weighted by Crippen LogP contribution is 2.26. The van der Waals surface area contributed by atoms with Crippen molar-refractivity contribution in [2.45, 2.75) is 37.8 Å². The summed E-state index contributed by atoms with van der Waals surface area (Å²) in [6.07, 6.45) is 3.78. The monoisotopic (exact) mass is 423 g/mol. The number of nitrogens with two attached hydrogens (primary N) is 1. The molecule has 3 N–H and O–H groups in total. The molecule has 130 valence electrons. The number of amides is 1. The van der Waals surface area contributed by atoms with Crippen LogP contribution in [-0.2, 0) is 4.79 Å². The minimum atomic E-state index is 0. The summed E-state index contributed by atoms with van der Waals surface area (Å²) in [7, 11) is 0. The second kappa shape index (κ2) is 9.11. The normalized spacial score (nSPS) is 26.3. The zero-order valence-electron chi connectivity index (χ0n) is 12.9. The number of hydrogen-bond donors (Lipinski definition) is 2. The maximum absolute atomic E-state index is 12.2. The number of nitrogens with zero attached hydrogens (tertiary/aromatic N) is 1. The third-order valence-corrected chi connectivity index (χ3v) is 5.10. The molecule has 0 spiro atoms. The Morgan fingerprint density at radius 1 is 1.17 bits per heavy atom. The molecule has 7 heteroatoms. The largest absolute Gasteiger partial charge is 0.369 e. The predicted molar refractivity (Wildman–Crippen MR) is 103 cm³/mol. The van der Waals surface area contributed by atoms with Gasteiger partial charge in [0.1, 0.15) is 0 Å². The minimum absolute atomic E-state index is 0. The first-order valence-corrected chi connectivity index (χ1v) is 8.47. The van der Waals surface area contributed by atoms with E-state index < -0.39 is 0 Å². The molecule has 1 aromatic carbocycles. The molecule has 0 radical (unpaired) electrons. The Kier molecular flexibility index (Phi) is 8.14. The molecule has 3 atom stereocenters. The number of nitrogens with one attached hydrogen (secondary N) is 1. The van der Waals surface area contributed by atoms with Gasteiger partial charge in [0.2, 0.25) is 5.91 Å². The molecular weight excluding hydrogens is 401 g/mol. The molecule has 0 aromatic heterocycles. The highest BCUT2D eigenvalue weighted by atomic mass is 79.9. The summed E-state index contributed by atoms with van der Waals surface area (Å²) in [5.41, 5.74) is 7.11. The lowest BCUT2D eigenvalue weighted by Crippen LogP contribution is -2.40. The Labute approximate surface area is 158 Å². The minimum Gasteiger partial charge on any atom is -0.369 e. The lowest BCUT2D eigenvalue weighted by molar-refractivity contribution is -0.125. The van der Waals surface area contributed by atoms with Crippen LogP contribution >= 0.6 is 40.7 Å². The number of rotatable bonds is 3. The summed E-state index contributed by atoms with van der Waals surface area (Å²) in [6.45, 7) is 1.89. The lowest BCUT2D eigenvalue weighted by Gasteiger charge is -2.20. The predicted octanol–water partition coefficient (Wildman–Crippen LogP) is 3.12. The van der Waals surface area contributed by atoms with Crippen LogP contribution in [0.25, 0.3) is 0 Å². The van der Waals surface area contributed by atoms with Crippen molar-refractivity contribution in [2.24, 2.45) is 11.7 Å². The fraction of sp³-hybridized carbons (Fsp3) is 0.562. The van der Waals surface area contributed by atoms with Gasteiger partial charge in [-0.2, -0.15) is 0 Å². The number of hydrogen-bond acceptors (Lipinski definition) is 3. The zero-order valence-corrected chi connectivity index (χ0v) is 16.1. The molecular formula is C16H24BrCl2N3O. The molecule has 2 aliphatic rings. The van der Waals surface area contributed by atoms with Crippen molar-refractivity contribution in [2.75, 3.05) is 18.0 Å². The first-order chi connectivity index (χ1) is 10.1. The van der Waals surface area contributed by atoms with E-state index in [4.69, 9.17) is 5.73 Å². The third kappa shape index (κ3) is 5.24. The van der Waals surface area contributed by atoms with Crippen LogP contribution in [0.1, 0.15) is 25.7 Å². The summed E-state index contributed by atoms with van der Waals surface area (Å²) >= 11 is 3.46. The van der Waals surface area contributed by atoms with E-state index in [1.807, 2.05) is 0 Å². The van der Waals surface area contributed by atoms with Crippen LogP contribution in [0.4, 0.5) is 5.69 Å². The SMILES string of the molecule is Cl.Cl.NC1CCC(C(=O)NC2CCN(c3ccc(Br)cc3)C2)C1. The van der Waals surface area contributed by atoms with Gasteiger partial charge in [0, 0.05) is 41.3 Å². The van der Waals surface area contributed by atoms with Crippen molar-refractivity contribution >= 4 is 52.3 Å². The van der Waals surface area contributed by atoms with E-state index >= 15 is 0 Å². The third-order valence-electron chi connectivity index (χ3n) is 4.57. The maximum atomic E-state index is 12.2. The zero-order chi connectivity index (χ0) is 14.8. The molecule has 1 saturated carbocycles. The molecule has 1 heterocycles. The van der Waals surface area contributed by atoms with Crippen LogP contribution in [0, 0.1) is 5.92 Å². The number of halogens is 3. The smallest absolute Gasteiger partial charge is 0.223 e. The van der Waals surface area contributed by atoms with Gasteiger partial charge in [0.25, 0.3) is 0 Å². The van der Waals surface area contributed by atoms with Crippen LogP contribution in [0.3, 0.4) is 0 Å². The highest BCUT2D eigenvalue weighted by Gasteiger charge is 2.31. The number of carbonyl (C=O) groups excluding carboxylic acids is 1. The molecule has 0 bridgehead atoms. The van der Waals surface area contributed by atoms with E-state index in [2.05, 4.69) is 50.4 Å². The summed E-state index contributed by atoms with van der Waals surface area (Å²) in [4.78, 5) is 14.6. The van der Waals surface area contributed by atoms with Crippen LogP contribution in [0.2, 0.25) is 0 Å². The Hall–Kier alpha value is -0.490. The molecule has 4 nitrogen and oxygen atoms in total. The first-order valence-electron chi connectivity index (χ1n) is 7.68. The van der Waals surface area contributed by atoms with Crippen LogP contribution in [-0.4, -0.2) is 31.1 Å². The van der Waals surface area contributed by atoms with Gasteiger partial charge in [0.15, 0.2) is 0 Å². The number of anilines is 1. The van der Waals surface area contributed by atoms with Gasteiger partial charge in [-0.15, -0.1) is 24.8 Å². The topological polar surface area (TPSA) is 58.4 Å². The molecule has 1 saturated heterocycles.